The van der Waals surface area contributed by atoms with Gasteiger partial charge in [-0.1, -0.05) is 32.4 Å². The summed E-state index contributed by atoms with van der Waals surface area (Å²) in [6, 6.07) is 4.23. The lowest BCUT2D eigenvalue weighted by Gasteiger charge is -2.04. The Labute approximate surface area is 86.9 Å². The van der Waals surface area contributed by atoms with Crippen molar-refractivity contribution < 1.29 is 0 Å². The summed E-state index contributed by atoms with van der Waals surface area (Å²) in [5.74, 6) is 0.600. The standard InChI is InChI=1S/C13H19N/c1-5-12-6-7-13(14-9-12)8-11(4)10(2)3/h6-10H,5H2,1-4H3/b11-8-. The molecule has 0 aliphatic heterocycles. The zero-order valence-electron chi connectivity index (χ0n) is 9.54. The van der Waals surface area contributed by atoms with Gasteiger partial charge in [0.1, 0.15) is 0 Å². The largest absolute Gasteiger partial charge is 0.257 e. The molecule has 0 unspecified atom stereocenters. The number of allylic oxidation sites excluding steroid dienone is 1. The summed E-state index contributed by atoms with van der Waals surface area (Å²) in [6.45, 7) is 8.70. The van der Waals surface area contributed by atoms with Crippen LogP contribution >= 0.6 is 0 Å². The molecule has 1 rings (SSSR count). The Balaban J connectivity index is 2.83. The second kappa shape index (κ2) is 4.94. The molecule has 0 atom stereocenters. The minimum Gasteiger partial charge on any atom is -0.257 e. The molecule has 1 aromatic heterocycles. The number of rotatable bonds is 3. The third kappa shape index (κ3) is 2.99. The van der Waals surface area contributed by atoms with Crippen LogP contribution in [0.2, 0.25) is 0 Å². The summed E-state index contributed by atoms with van der Waals surface area (Å²) in [4.78, 5) is 4.40. The first kappa shape index (κ1) is 11.0. The summed E-state index contributed by atoms with van der Waals surface area (Å²) in [5.41, 5.74) is 3.74. The molecule has 0 amide bonds. The Morgan fingerprint density at radius 2 is 2.14 bits per heavy atom. The van der Waals surface area contributed by atoms with Crippen molar-refractivity contribution in [2.75, 3.05) is 0 Å². The summed E-state index contributed by atoms with van der Waals surface area (Å²) >= 11 is 0. The van der Waals surface area contributed by atoms with Crippen LogP contribution in [0.25, 0.3) is 6.08 Å². The Hall–Kier alpha value is -1.11. The van der Waals surface area contributed by atoms with E-state index in [9.17, 15) is 0 Å². The van der Waals surface area contributed by atoms with Crippen LogP contribution in [0.4, 0.5) is 0 Å². The van der Waals surface area contributed by atoms with Crippen LogP contribution in [-0.4, -0.2) is 4.98 Å². The van der Waals surface area contributed by atoms with Crippen molar-refractivity contribution in [3.05, 3.63) is 35.2 Å². The summed E-state index contributed by atoms with van der Waals surface area (Å²) in [7, 11) is 0. The van der Waals surface area contributed by atoms with Crippen molar-refractivity contribution in [2.45, 2.75) is 34.1 Å². The number of hydrogen-bond acceptors (Lipinski definition) is 1. The van der Waals surface area contributed by atoms with E-state index in [1.54, 1.807) is 0 Å². The predicted octanol–water partition coefficient (Wildman–Crippen LogP) is 3.70. The number of hydrogen-bond donors (Lipinski definition) is 0. The monoisotopic (exact) mass is 189 g/mol. The van der Waals surface area contributed by atoms with E-state index in [0.29, 0.717) is 5.92 Å². The zero-order chi connectivity index (χ0) is 10.6. The van der Waals surface area contributed by atoms with Gasteiger partial charge < -0.3 is 0 Å². The average molecular weight is 189 g/mol. The van der Waals surface area contributed by atoms with Gasteiger partial charge in [-0.25, -0.2) is 0 Å². The van der Waals surface area contributed by atoms with E-state index in [2.05, 4.69) is 50.9 Å². The maximum Gasteiger partial charge on any atom is 0.0629 e. The second-order valence-corrected chi connectivity index (χ2v) is 3.99. The minimum absolute atomic E-state index is 0.600. The van der Waals surface area contributed by atoms with Crippen LogP contribution in [0.15, 0.2) is 23.9 Å². The Morgan fingerprint density at radius 1 is 1.43 bits per heavy atom. The lowest BCUT2D eigenvalue weighted by Crippen LogP contribution is -1.90. The van der Waals surface area contributed by atoms with Crippen molar-refractivity contribution in [1.29, 1.82) is 0 Å². The Kier molecular flexibility index (Phi) is 3.87. The van der Waals surface area contributed by atoms with Crippen LogP contribution in [0.5, 0.6) is 0 Å². The maximum atomic E-state index is 4.40. The first-order valence-corrected chi connectivity index (χ1v) is 5.26. The van der Waals surface area contributed by atoms with Gasteiger partial charge in [0.25, 0.3) is 0 Å². The van der Waals surface area contributed by atoms with Crippen molar-refractivity contribution >= 4 is 6.08 Å². The predicted molar refractivity (Wildman–Crippen MR) is 62.1 cm³/mol. The fourth-order valence-corrected chi connectivity index (χ4v) is 1.13. The third-order valence-electron chi connectivity index (χ3n) is 2.54. The molecule has 0 saturated heterocycles. The third-order valence-corrected chi connectivity index (χ3v) is 2.54. The fraction of sp³-hybridized carbons (Fsp3) is 0.462. The van der Waals surface area contributed by atoms with E-state index in [1.165, 1.54) is 11.1 Å². The fourth-order valence-electron chi connectivity index (χ4n) is 1.13. The average Bonchev–Trinajstić information content (AvgIpc) is 2.19. The highest BCUT2D eigenvalue weighted by molar-refractivity contribution is 5.48. The number of nitrogens with zero attached hydrogens (tertiary/aromatic N) is 1. The van der Waals surface area contributed by atoms with Gasteiger partial charge in [-0.2, -0.15) is 0 Å². The quantitative estimate of drug-likeness (QED) is 0.706. The zero-order valence-corrected chi connectivity index (χ0v) is 9.54. The molecule has 0 saturated carbocycles. The van der Waals surface area contributed by atoms with Crippen LogP contribution < -0.4 is 0 Å². The summed E-state index contributed by atoms with van der Waals surface area (Å²) in [6.07, 6.45) is 5.17. The highest BCUT2D eigenvalue weighted by atomic mass is 14.7. The van der Waals surface area contributed by atoms with Gasteiger partial charge in [0.15, 0.2) is 0 Å². The van der Waals surface area contributed by atoms with E-state index in [4.69, 9.17) is 0 Å². The molecule has 0 aliphatic carbocycles. The first-order chi connectivity index (χ1) is 6.63. The molecule has 76 valence electrons. The molecule has 0 aliphatic rings. The molecule has 1 heteroatoms. The van der Waals surface area contributed by atoms with Crippen LogP contribution in [0.1, 0.15) is 39.0 Å². The van der Waals surface area contributed by atoms with Gasteiger partial charge in [0, 0.05) is 6.20 Å². The van der Waals surface area contributed by atoms with E-state index in [-0.39, 0.29) is 0 Å². The molecule has 1 heterocycles. The normalized spacial score (nSPS) is 12.2. The molecule has 1 aromatic rings. The molecule has 14 heavy (non-hydrogen) atoms. The van der Waals surface area contributed by atoms with E-state index in [0.717, 1.165) is 12.1 Å². The molecule has 0 aromatic carbocycles. The van der Waals surface area contributed by atoms with E-state index < -0.39 is 0 Å². The first-order valence-electron chi connectivity index (χ1n) is 5.26. The van der Waals surface area contributed by atoms with Gasteiger partial charge in [-0.3, -0.25) is 4.98 Å². The molecular weight excluding hydrogens is 170 g/mol. The van der Waals surface area contributed by atoms with Crippen LogP contribution in [-0.2, 0) is 6.42 Å². The van der Waals surface area contributed by atoms with Crippen molar-refractivity contribution in [2.24, 2.45) is 5.92 Å². The molecule has 0 radical (unpaired) electrons. The number of pyridine rings is 1. The Bertz CT molecular complexity index is 307. The lowest BCUT2D eigenvalue weighted by atomic mass is 10.0. The number of aryl methyl sites for hydroxylation is 1. The summed E-state index contributed by atoms with van der Waals surface area (Å²) in [5, 5.41) is 0. The molecule has 0 spiro atoms. The van der Waals surface area contributed by atoms with Gasteiger partial charge >= 0.3 is 0 Å². The molecular formula is C13H19N. The molecule has 0 bridgehead atoms. The van der Waals surface area contributed by atoms with Crippen LogP contribution in [0.3, 0.4) is 0 Å². The van der Waals surface area contributed by atoms with E-state index in [1.807, 2.05) is 6.20 Å². The Morgan fingerprint density at radius 3 is 2.57 bits per heavy atom. The highest BCUT2D eigenvalue weighted by Crippen LogP contribution is 2.12. The van der Waals surface area contributed by atoms with Crippen molar-refractivity contribution in [1.82, 2.24) is 4.98 Å². The SMILES string of the molecule is CCc1ccc(/C=C(/C)C(C)C)nc1. The minimum atomic E-state index is 0.600. The van der Waals surface area contributed by atoms with Gasteiger partial charge in [-0.05, 0) is 37.0 Å². The van der Waals surface area contributed by atoms with Crippen molar-refractivity contribution in [3.8, 4) is 0 Å². The smallest absolute Gasteiger partial charge is 0.0629 e. The molecule has 0 N–H and O–H groups in total. The maximum absolute atomic E-state index is 4.40. The molecule has 0 fully saturated rings. The number of aromatic nitrogens is 1. The van der Waals surface area contributed by atoms with Gasteiger partial charge in [0.05, 0.1) is 5.69 Å². The summed E-state index contributed by atoms with van der Waals surface area (Å²) < 4.78 is 0. The second-order valence-electron chi connectivity index (χ2n) is 3.99. The lowest BCUT2D eigenvalue weighted by molar-refractivity contribution is 0.775. The van der Waals surface area contributed by atoms with Crippen LogP contribution in [0, 0.1) is 5.92 Å². The highest BCUT2D eigenvalue weighted by Gasteiger charge is 1.97. The molecule has 1 nitrogen and oxygen atoms in total. The van der Waals surface area contributed by atoms with Gasteiger partial charge in [-0.15, -0.1) is 0 Å². The van der Waals surface area contributed by atoms with Crippen molar-refractivity contribution in [3.63, 3.8) is 0 Å². The van der Waals surface area contributed by atoms with Gasteiger partial charge in [0.2, 0.25) is 0 Å². The van der Waals surface area contributed by atoms with E-state index >= 15 is 0 Å². The topological polar surface area (TPSA) is 12.9 Å².